The van der Waals surface area contributed by atoms with Gasteiger partial charge in [-0.1, -0.05) is 94.8 Å². The number of rotatable bonds is 10. The smallest absolute Gasteiger partial charge is 0.267 e. The van der Waals surface area contributed by atoms with Gasteiger partial charge >= 0.3 is 0 Å². The summed E-state index contributed by atoms with van der Waals surface area (Å²) in [7, 11) is 0. The Hall–Kier alpha value is -3.81. The van der Waals surface area contributed by atoms with Gasteiger partial charge in [-0.05, 0) is 71.3 Å². The lowest BCUT2D eigenvalue weighted by atomic mass is 10.1. The fourth-order valence-electron chi connectivity index (χ4n) is 4.17. The van der Waals surface area contributed by atoms with E-state index in [0.29, 0.717) is 47.9 Å². The lowest BCUT2D eigenvalue weighted by Gasteiger charge is -2.15. The highest BCUT2D eigenvalue weighted by Gasteiger charge is 2.33. The van der Waals surface area contributed by atoms with Crippen LogP contribution in [0.4, 0.5) is 0 Å². The van der Waals surface area contributed by atoms with Crippen molar-refractivity contribution < 1.29 is 14.3 Å². The molecule has 1 heterocycles. The van der Waals surface area contributed by atoms with E-state index in [0.717, 1.165) is 26.7 Å². The van der Waals surface area contributed by atoms with Crippen LogP contribution >= 0.6 is 27.7 Å². The summed E-state index contributed by atoms with van der Waals surface area (Å²) in [6, 6.07) is 33.8. The summed E-state index contributed by atoms with van der Waals surface area (Å²) < 4.78 is 13.0. The monoisotopic (exact) mass is 612 g/mol. The third-order valence-electron chi connectivity index (χ3n) is 6.18. The number of amidine groups is 1. The first-order chi connectivity index (χ1) is 19.6. The van der Waals surface area contributed by atoms with Gasteiger partial charge in [0.15, 0.2) is 16.7 Å². The molecule has 40 heavy (non-hydrogen) atoms. The molecule has 1 amide bonds. The van der Waals surface area contributed by atoms with Crippen LogP contribution < -0.4 is 9.47 Å². The minimum atomic E-state index is -0.0609. The van der Waals surface area contributed by atoms with Crippen molar-refractivity contribution in [1.29, 1.82) is 0 Å². The van der Waals surface area contributed by atoms with Crippen molar-refractivity contribution in [3.05, 3.63) is 135 Å². The molecule has 1 aliphatic rings. The average molecular weight is 614 g/mol. The number of hydrogen-bond donors (Lipinski definition) is 0. The average Bonchev–Trinajstić information content (AvgIpc) is 3.27. The topological polar surface area (TPSA) is 51.1 Å². The summed E-state index contributed by atoms with van der Waals surface area (Å²) in [4.78, 5) is 20.8. The number of ether oxygens (including phenoxy) is 2. The fraction of sp³-hybridized carbons (Fsp3) is 0.152. The number of halogens is 1. The molecule has 0 unspecified atom stereocenters. The highest BCUT2D eigenvalue weighted by atomic mass is 79.9. The largest absolute Gasteiger partial charge is 0.490 e. The van der Waals surface area contributed by atoms with E-state index in [1.807, 2.05) is 116 Å². The molecule has 202 valence electrons. The van der Waals surface area contributed by atoms with Gasteiger partial charge in [0.2, 0.25) is 0 Å². The van der Waals surface area contributed by atoms with Crippen molar-refractivity contribution in [2.75, 3.05) is 6.61 Å². The second kappa shape index (κ2) is 13.5. The molecule has 0 atom stereocenters. The Morgan fingerprint density at radius 3 is 2.23 bits per heavy atom. The van der Waals surface area contributed by atoms with Crippen molar-refractivity contribution in [2.24, 2.45) is 4.99 Å². The molecule has 5 nitrogen and oxygen atoms in total. The Labute approximate surface area is 247 Å². The van der Waals surface area contributed by atoms with Crippen LogP contribution in [-0.2, 0) is 24.5 Å². The molecular formula is C33H29BrN2O3S. The van der Waals surface area contributed by atoms with Crippen LogP contribution in [0.2, 0.25) is 0 Å². The Bertz CT molecular complexity index is 1510. The lowest BCUT2D eigenvalue weighted by molar-refractivity contribution is -0.122. The van der Waals surface area contributed by atoms with Crippen molar-refractivity contribution in [3.8, 4) is 11.5 Å². The van der Waals surface area contributed by atoms with E-state index in [-0.39, 0.29) is 5.91 Å². The second-order valence-corrected chi connectivity index (χ2v) is 11.1. The summed E-state index contributed by atoms with van der Waals surface area (Å²) in [5.41, 5.74) is 4.07. The van der Waals surface area contributed by atoms with Gasteiger partial charge in [-0.15, -0.1) is 0 Å². The summed E-state index contributed by atoms with van der Waals surface area (Å²) in [6.07, 6.45) is 1.90. The molecule has 0 aliphatic carbocycles. The van der Waals surface area contributed by atoms with Crippen LogP contribution in [0.5, 0.6) is 11.5 Å². The standard InChI is InChI=1S/C33H29BrN2O3S/c1-2-38-30-19-27(15-18-29(30)39-23-26-13-16-28(34)17-14-26)20-31-32(37)36(22-25-11-7-4-8-12-25)33(40-31)35-21-24-9-5-3-6-10-24/h3-20H,2,21-23H2,1H3/b31-20+,35-33?. The normalized spacial score (nSPS) is 15.2. The number of aliphatic imine (C=N–C) groups is 1. The molecule has 1 saturated heterocycles. The molecule has 7 heteroatoms. The minimum Gasteiger partial charge on any atom is -0.490 e. The van der Waals surface area contributed by atoms with E-state index in [1.54, 1.807) is 4.90 Å². The first-order valence-electron chi connectivity index (χ1n) is 13.1. The molecule has 4 aromatic carbocycles. The predicted octanol–water partition coefficient (Wildman–Crippen LogP) is 8.10. The Morgan fingerprint density at radius 2 is 1.52 bits per heavy atom. The predicted molar refractivity (Wildman–Crippen MR) is 166 cm³/mol. The van der Waals surface area contributed by atoms with Crippen LogP contribution in [0.25, 0.3) is 6.08 Å². The van der Waals surface area contributed by atoms with Gasteiger partial charge in [0.1, 0.15) is 6.61 Å². The highest BCUT2D eigenvalue weighted by molar-refractivity contribution is 9.10. The summed E-state index contributed by atoms with van der Waals surface area (Å²) >= 11 is 4.87. The van der Waals surface area contributed by atoms with E-state index in [2.05, 4.69) is 15.9 Å². The summed E-state index contributed by atoms with van der Waals surface area (Å²) in [6.45, 7) is 3.84. The van der Waals surface area contributed by atoms with E-state index < -0.39 is 0 Å². The van der Waals surface area contributed by atoms with E-state index >= 15 is 0 Å². The van der Waals surface area contributed by atoms with Crippen molar-refractivity contribution in [3.63, 3.8) is 0 Å². The second-order valence-electron chi connectivity index (χ2n) is 9.13. The van der Waals surface area contributed by atoms with Crippen LogP contribution in [0, 0.1) is 0 Å². The zero-order chi connectivity index (χ0) is 27.7. The van der Waals surface area contributed by atoms with Crippen molar-refractivity contribution >= 4 is 44.8 Å². The number of benzene rings is 4. The van der Waals surface area contributed by atoms with E-state index in [4.69, 9.17) is 14.5 Å². The Balaban J connectivity index is 1.38. The van der Waals surface area contributed by atoms with Gasteiger partial charge in [0.05, 0.1) is 24.6 Å². The summed E-state index contributed by atoms with van der Waals surface area (Å²) in [5.74, 6) is 1.24. The molecule has 1 fully saturated rings. The molecule has 0 aromatic heterocycles. The van der Waals surface area contributed by atoms with E-state index in [9.17, 15) is 4.79 Å². The Morgan fingerprint density at radius 1 is 0.825 bits per heavy atom. The van der Waals surface area contributed by atoms with Crippen LogP contribution in [0.15, 0.2) is 117 Å². The number of hydrogen-bond acceptors (Lipinski definition) is 5. The maximum Gasteiger partial charge on any atom is 0.267 e. The molecular weight excluding hydrogens is 584 g/mol. The third-order valence-corrected chi connectivity index (χ3v) is 7.76. The molecule has 0 saturated carbocycles. The number of thioether (sulfide) groups is 1. The number of carbonyl (C=O) groups is 1. The maximum absolute atomic E-state index is 13.6. The number of carbonyl (C=O) groups excluding carboxylic acids is 1. The third kappa shape index (κ3) is 7.23. The number of amides is 1. The van der Waals surface area contributed by atoms with Crippen molar-refractivity contribution in [1.82, 2.24) is 4.90 Å². The van der Waals surface area contributed by atoms with Gasteiger partial charge in [-0.2, -0.15) is 0 Å². The quantitative estimate of drug-likeness (QED) is 0.170. The van der Waals surface area contributed by atoms with Gasteiger partial charge in [-0.25, -0.2) is 0 Å². The molecule has 0 N–H and O–H groups in total. The molecule has 0 bridgehead atoms. The van der Waals surface area contributed by atoms with Crippen LogP contribution in [0.1, 0.15) is 29.2 Å². The van der Waals surface area contributed by atoms with Crippen LogP contribution in [-0.4, -0.2) is 22.6 Å². The molecule has 5 rings (SSSR count). The number of nitrogens with zero attached hydrogens (tertiary/aromatic N) is 2. The molecule has 1 aliphatic heterocycles. The highest BCUT2D eigenvalue weighted by Crippen LogP contribution is 2.36. The SMILES string of the molecule is CCOc1cc(/C=C2/SC(=NCc3ccccc3)N(Cc3ccccc3)C2=O)ccc1OCc1ccc(Br)cc1. The minimum absolute atomic E-state index is 0.0609. The molecule has 0 radical (unpaired) electrons. The first-order valence-corrected chi connectivity index (χ1v) is 14.7. The lowest BCUT2D eigenvalue weighted by Crippen LogP contribution is -2.28. The maximum atomic E-state index is 13.6. The molecule has 0 spiro atoms. The van der Waals surface area contributed by atoms with Gasteiger partial charge in [0, 0.05) is 4.47 Å². The Kier molecular flexibility index (Phi) is 9.37. The molecule has 4 aromatic rings. The first kappa shape index (κ1) is 27.7. The fourth-order valence-corrected chi connectivity index (χ4v) is 5.41. The zero-order valence-corrected chi connectivity index (χ0v) is 24.5. The summed E-state index contributed by atoms with van der Waals surface area (Å²) in [5, 5.41) is 0.698. The van der Waals surface area contributed by atoms with Crippen molar-refractivity contribution in [2.45, 2.75) is 26.6 Å². The van der Waals surface area contributed by atoms with Gasteiger partial charge in [0.25, 0.3) is 5.91 Å². The van der Waals surface area contributed by atoms with Gasteiger partial charge in [-0.3, -0.25) is 14.7 Å². The van der Waals surface area contributed by atoms with Gasteiger partial charge < -0.3 is 9.47 Å². The van der Waals surface area contributed by atoms with Crippen LogP contribution in [0.3, 0.4) is 0 Å². The zero-order valence-electron chi connectivity index (χ0n) is 22.1. The van der Waals surface area contributed by atoms with E-state index in [1.165, 1.54) is 11.8 Å².